The molecule has 0 amide bonds. The molecule has 1 aromatic rings. The lowest BCUT2D eigenvalue weighted by Gasteiger charge is -2.28. The fraction of sp³-hybridized carbons (Fsp3) is 0.500. The van der Waals surface area contributed by atoms with Crippen LogP contribution in [0.4, 0.5) is 5.69 Å². The second-order valence-electron chi connectivity index (χ2n) is 5.03. The minimum Gasteiger partial charge on any atom is -0.462 e. The van der Waals surface area contributed by atoms with E-state index >= 15 is 0 Å². The van der Waals surface area contributed by atoms with Crippen molar-refractivity contribution in [3.8, 4) is 0 Å². The molecule has 0 saturated heterocycles. The molecule has 1 aliphatic heterocycles. The number of carbonyl (C=O) groups excluding carboxylic acids is 1. The van der Waals surface area contributed by atoms with Crippen molar-refractivity contribution < 1.29 is 9.53 Å². The minimum atomic E-state index is -0.155. The van der Waals surface area contributed by atoms with Gasteiger partial charge in [0.15, 0.2) is 0 Å². The molecule has 0 unspecified atom stereocenters. The number of nitrogen functional groups attached to an aromatic ring is 1. The molecule has 0 saturated carbocycles. The van der Waals surface area contributed by atoms with E-state index in [1.54, 1.807) is 0 Å². The van der Waals surface area contributed by atoms with Gasteiger partial charge in [-0.15, -0.1) is 0 Å². The Kier molecular flexibility index (Phi) is 3.87. The van der Waals surface area contributed by atoms with Crippen molar-refractivity contribution in [3.63, 3.8) is 0 Å². The van der Waals surface area contributed by atoms with E-state index in [2.05, 4.69) is 11.0 Å². The molecule has 1 heterocycles. The molecular formula is C14H20N2O2. The van der Waals surface area contributed by atoms with Gasteiger partial charge in [-0.05, 0) is 43.5 Å². The van der Waals surface area contributed by atoms with Crippen LogP contribution in [0.3, 0.4) is 0 Å². The summed E-state index contributed by atoms with van der Waals surface area (Å²) in [5.74, 6) is -0.155. The smallest absolute Gasteiger partial charge is 0.320 e. The first-order chi connectivity index (χ1) is 8.54. The monoisotopic (exact) mass is 248 g/mol. The zero-order chi connectivity index (χ0) is 13.1. The SMILES string of the molecule is CC(C)OC(=O)CN1CCc2ccc(N)cc2C1. The number of esters is 1. The van der Waals surface area contributed by atoms with Gasteiger partial charge in [-0.1, -0.05) is 6.07 Å². The summed E-state index contributed by atoms with van der Waals surface area (Å²) in [4.78, 5) is 13.7. The molecule has 1 aliphatic rings. The number of rotatable bonds is 3. The molecule has 0 bridgehead atoms. The summed E-state index contributed by atoms with van der Waals surface area (Å²) in [6, 6.07) is 6.01. The van der Waals surface area contributed by atoms with Gasteiger partial charge in [-0.25, -0.2) is 0 Å². The fourth-order valence-corrected chi connectivity index (χ4v) is 2.25. The van der Waals surface area contributed by atoms with E-state index in [0.29, 0.717) is 6.54 Å². The zero-order valence-electron chi connectivity index (χ0n) is 11.0. The molecular weight excluding hydrogens is 228 g/mol. The van der Waals surface area contributed by atoms with Gasteiger partial charge < -0.3 is 10.5 Å². The number of hydrogen-bond donors (Lipinski definition) is 1. The van der Waals surface area contributed by atoms with Crippen molar-refractivity contribution in [2.45, 2.75) is 32.9 Å². The van der Waals surface area contributed by atoms with E-state index < -0.39 is 0 Å². The van der Waals surface area contributed by atoms with Gasteiger partial charge in [-0.3, -0.25) is 9.69 Å². The van der Waals surface area contributed by atoms with Crippen LogP contribution in [0.25, 0.3) is 0 Å². The van der Waals surface area contributed by atoms with Crippen LogP contribution in [-0.2, 0) is 22.5 Å². The predicted octanol–water partition coefficient (Wildman–Crippen LogP) is 1.58. The van der Waals surface area contributed by atoms with Crippen molar-refractivity contribution in [1.82, 2.24) is 4.90 Å². The number of hydrogen-bond acceptors (Lipinski definition) is 4. The molecule has 2 N–H and O–H groups in total. The Labute approximate surface area is 108 Å². The summed E-state index contributed by atoms with van der Waals surface area (Å²) in [6.07, 6.45) is 0.912. The van der Waals surface area contributed by atoms with Crippen LogP contribution in [-0.4, -0.2) is 30.1 Å². The van der Waals surface area contributed by atoms with Gasteiger partial charge in [0.05, 0.1) is 12.6 Å². The van der Waals surface area contributed by atoms with Crippen LogP contribution in [0.15, 0.2) is 18.2 Å². The molecule has 4 heteroatoms. The van der Waals surface area contributed by atoms with Crippen LogP contribution in [0.2, 0.25) is 0 Å². The van der Waals surface area contributed by atoms with Crippen LogP contribution in [0, 0.1) is 0 Å². The number of benzene rings is 1. The normalized spacial score (nSPS) is 15.5. The van der Waals surface area contributed by atoms with Gasteiger partial charge >= 0.3 is 5.97 Å². The maximum atomic E-state index is 11.6. The molecule has 1 aromatic carbocycles. The van der Waals surface area contributed by atoms with E-state index in [1.165, 1.54) is 11.1 Å². The molecule has 0 spiro atoms. The van der Waals surface area contributed by atoms with E-state index in [-0.39, 0.29) is 12.1 Å². The van der Waals surface area contributed by atoms with Crippen molar-refractivity contribution in [2.75, 3.05) is 18.8 Å². The fourth-order valence-electron chi connectivity index (χ4n) is 2.25. The van der Waals surface area contributed by atoms with Crippen molar-refractivity contribution >= 4 is 11.7 Å². The summed E-state index contributed by atoms with van der Waals surface area (Å²) in [6.45, 7) is 5.75. The largest absolute Gasteiger partial charge is 0.462 e. The summed E-state index contributed by atoms with van der Waals surface area (Å²) in [5.41, 5.74) is 9.11. The van der Waals surface area contributed by atoms with E-state index in [0.717, 1.165) is 25.2 Å². The van der Waals surface area contributed by atoms with Crippen LogP contribution >= 0.6 is 0 Å². The first kappa shape index (κ1) is 12.9. The average molecular weight is 248 g/mol. The second-order valence-corrected chi connectivity index (χ2v) is 5.03. The van der Waals surface area contributed by atoms with Crippen LogP contribution in [0.5, 0.6) is 0 Å². The summed E-state index contributed by atoms with van der Waals surface area (Å²) < 4.78 is 5.16. The maximum absolute atomic E-state index is 11.6. The molecule has 0 atom stereocenters. The highest BCUT2D eigenvalue weighted by Crippen LogP contribution is 2.21. The topological polar surface area (TPSA) is 55.6 Å². The summed E-state index contributed by atoms with van der Waals surface area (Å²) in [5, 5.41) is 0. The molecule has 18 heavy (non-hydrogen) atoms. The van der Waals surface area contributed by atoms with Crippen LogP contribution < -0.4 is 5.73 Å². The van der Waals surface area contributed by atoms with Crippen LogP contribution in [0.1, 0.15) is 25.0 Å². The molecule has 98 valence electrons. The van der Waals surface area contributed by atoms with E-state index in [1.807, 2.05) is 26.0 Å². The Morgan fingerprint density at radius 2 is 2.22 bits per heavy atom. The summed E-state index contributed by atoms with van der Waals surface area (Å²) >= 11 is 0. The first-order valence-corrected chi connectivity index (χ1v) is 6.33. The maximum Gasteiger partial charge on any atom is 0.320 e. The Hall–Kier alpha value is -1.55. The molecule has 0 radical (unpaired) electrons. The standard InChI is InChI=1S/C14H20N2O2/c1-10(2)18-14(17)9-16-6-5-11-3-4-13(15)7-12(11)8-16/h3-4,7,10H,5-6,8-9,15H2,1-2H3. The number of fused-ring (bicyclic) bond motifs is 1. The third-order valence-corrected chi connectivity index (χ3v) is 3.04. The lowest BCUT2D eigenvalue weighted by atomic mass is 9.99. The number of anilines is 1. The number of nitrogens with zero attached hydrogens (tertiary/aromatic N) is 1. The average Bonchev–Trinajstić information content (AvgIpc) is 2.27. The number of nitrogens with two attached hydrogens (primary N) is 1. The highest BCUT2D eigenvalue weighted by atomic mass is 16.5. The zero-order valence-corrected chi connectivity index (χ0v) is 11.0. The quantitative estimate of drug-likeness (QED) is 0.652. The Morgan fingerprint density at radius 1 is 1.44 bits per heavy atom. The Bertz CT molecular complexity index is 443. The first-order valence-electron chi connectivity index (χ1n) is 6.33. The Balaban J connectivity index is 1.97. The molecule has 0 fully saturated rings. The van der Waals surface area contributed by atoms with Gasteiger partial charge in [0, 0.05) is 18.8 Å². The van der Waals surface area contributed by atoms with Gasteiger partial charge in [-0.2, -0.15) is 0 Å². The second kappa shape index (κ2) is 5.40. The minimum absolute atomic E-state index is 0.0507. The highest BCUT2D eigenvalue weighted by molar-refractivity contribution is 5.71. The lowest BCUT2D eigenvalue weighted by molar-refractivity contribution is -0.148. The van der Waals surface area contributed by atoms with E-state index in [9.17, 15) is 4.79 Å². The van der Waals surface area contributed by atoms with Crippen molar-refractivity contribution in [2.24, 2.45) is 0 Å². The molecule has 4 nitrogen and oxygen atoms in total. The number of carbonyl (C=O) groups is 1. The molecule has 0 aliphatic carbocycles. The van der Waals surface area contributed by atoms with Gasteiger partial charge in [0.25, 0.3) is 0 Å². The van der Waals surface area contributed by atoms with Gasteiger partial charge in [0.2, 0.25) is 0 Å². The third kappa shape index (κ3) is 3.23. The predicted molar refractivity (Wildman–Crippen MR) is 71.1 cm³/mol. The summed E-state index contributed by atoms with van der Waals surface area (Å²) in [7, 11) is 0. The number of ether oxygens (including phenoxy) is 1. The Morgan fingerprint density at radius 3 is 2.94 bits per heavy atom. The van der Waals surface area contributed by atoms with Crippen molar-refractivity contribution in [1.29, 1.82) is 0 Å². The molecule has 0 aromatic heterocycles. The lowest BCUT2D eigenvalue weighted by Crippen LogP contribution is -2.36. The van der Waals surface area contributed by atoms with Gasteiger partial charge in [0.1, 0.15) is 0 Å². The van der Waals surface area contributed by atoms with E-state index in [4.69, 9.17) is 10.5 Å². The molecule has 2 rings (SSSR count). The van der Waals surface area contributed by atoms with Crippen molar-refractivity contribution in [3.05, 3.63) is 29.3 Å². The highest BCUT2D eigenvalue weighted by Gasteiger charge is 2.19. The third-order valence-electron chi connectivity index (χ3n) is 3.04.